The largest absolute Gasteiger partial charge is 0.321 e. The molecule has 0 saturated carbocycles. The van der Waals surface area contributed by atoms with E-state index >= 15 is 0 Å². The summed E-state index contributed by atoms with van der Waals surface area (Å²) in [7, 11) is 0. The predicted molar refractivity (Wildman–Crippen MR) is 85.0 cm³/mol. The van der Waals surface area contributed by atoms with E-state index in [1.165, 1.54) is 12.1 Å². The second kappa shape index (κ2) is 7.07. The number of nitrogens with one attached hydrogen (secondary N) is 1. The summed E-state index contributed by atoms with van der Waals surface area (Å²) in [6, 6.07) is 7.99. The highest BCUT2D eigenvalue weighted by Gasteiger charge is 2.17. The number of amides is 1. The van der Waals surface area contributed by atoms with Gasteiger partial charge >= 0.3 is 0 Å². The van der Waals surface area contributed by atoms with Crippen molar-refractivity contribution in [2.75, 3.05) is 5.32 Å². The Morgan fingerprint density at radius 3 is 2.64 bits per heavy atom. The number of aromatic nitrogens is 1. The molecule has 1 aromatic carbocycles. The molecule has 1 amide bonds. The fourth-order valence-electron chi connectivity index (χ4n) is 1.93. The van der Waals surface area contributed by atoms with Crippen LogP contribution in [0.3, 0.4) is 0 Å². The van der Waals surface area contributed by atoms with Crippen LogP contribution in [0.2, 0.25) is 5.02 Å². The van der Waals surface area contributed by atoms with E-state index in [0.717, 1.165) is 5.69 Å². The number of carbonyl (C=O) groups is 1. The molecule has 1 N–H and O–H groups in total. The van der Waals surface area contributed by atoms with Crippen molar-refractivity contribution in [3.8, 4) is 0 Å². The maximum Gasteiger partial charge on any atom is 0.289 e. The van der Waals surface area contributed by atoms with E-state index in [0.29, 0.717) is 23.0 Å². The highest BCUT2D eigenvalue weighted by molar-refractivity contribution is 7.99. The molecular weight excluding hydrogens is 330 g/mol. The van der Waals surface area contributed by atoms with E-state index in [-0.39, 0.29) is 15.6 Å². The Morgan fingerprint density at radius 1 is 1.27 bits per heavy atom. The molecule has 22 heavy (non-hydrogen) atoms. The van der Waals surface area contributed by atoms with Gasteiger partial charge in [-0.25, -0.2) is 0 Å². The van der Waals surface area contributed by atoms with Gasteiger partial charge in [0.2, 0.25) is 0 Å². The number of thioether (sulfide) groups is 1. The first-order valence-corrected chi connectivity index (χ1v) is 7.63. The molecule has 0 aliphatic carbocycles. The summed E-state index contributed by atoms with van der Waals surface area (Å²) in [6.07, 6.45) is 0. The van der Waals surface area contributed by atoms with Crippen molar-refractivity contribution in [3.63, 3.8) is 0 Å². The van der Waals surface area contributed by atoms with Gasteiger partial charge in [0.1, 0.15) is 0 Å². The Bertz CT molecular complexity index is 710. The zero-order valence-electron chi connectivity index (χ0n) is 11.9. The van der Waals surface area contributed by atoms with Gasteiger partial charge in [-0.05, 0) is 38.1 Å². The van der Waals surface area contributed by atoms with Crippen molar-refractivity contribution in [1.29, 1.82) is 0 Å². The average molecular weight is 343 g/mol. The van der Waals surface area contributed by atoms with Crippen molar-refractivity contribution in [2.24, 2.45) is 0 Å². The van der Waals surface area contributed by atoms with Crippen molar-refractivity contribution < 1.29 is 13.6 Å². The zero-order chi connectivity index (χ0) is 16.3. The number of benzene rings is 1. The van der Waals surface area contributed by atoms with E-state index < -0.39 is 11.7 Å². The summed E-state index contributed by atoms with van der Waals surface area (Å²) in [6.45, 7) is 3.54. The van der Waals surface area contributed by atoms with Crippen LogP contribution in [0, 0.1) is 13.8 Å². The molecule has 116 valence electrons. The van der Waals surface area contributed by atoms with Crippen LogP contribution in [0.25, 0.3) is 0 Å². The second-order valence-corrected chi connectivity index (χ2v) is 5.94. The van der Waals surface area contributed by atoms with Gasteiger partial charge in [-0.3, -0.25) is 9.78 Å². The molecule has 1 heterocycles. The first kappa shape index (κ1) is 16.7. The Labute approximate surface area is 136 Å². The number of aryl methyl sites for hydroxylation is 2. The van der Waals surface area contributed by atoms with E-state index in [2.05, 4.69) is 10.3 Å². The number of anilines is 1. The molecule has 0 saturated heterocycles. The number of hydrogen-bond donors (Lipinski definition) is 1. The predicted octanol–water partition coefficient (Wildman–Crippen LogP) is 4.92. The molecular formula is C15H13ClF2N2OS. The molecule has 0 fully saturated rings. The monoisotopic (exact) mass is 342 g/mol. The third-order valence-corrected chi connectivity index (χ3v) is 4.17. The first-order valence-electron chi connectivity index (χ1n) is 6.37. The standard InChI is InChI=1S/C15H13ClF2N2OS/c1-8-6-7-10(9(2)19-8)14(21)20-12-5-3-4-11(16)13(12)22-15(17)18/h3-7,15H,1-2H3,(H,20,21). The lowest BCUT2D eigenvalue weighted by Crippen LogP contribution is -2.15. The summed E-state index contributed by atoms with van der Waals surface area (Å²) in [5.74, 6) is -3.04. The van der Waals surface area contributed by atoms with Gasteiger partial charge < -0.3 is 5.32 Å². The number of nitrogens with zero attached hydrogens (tertiary/aromatic N) is 1. The molecule has 0 radical (unpaired) electrons. The maximum absolute atomic E-state index is 12.6. The summed E-state index contributed by atoms with van der Waals surface area (Å²) in [5, 5.41) is 2.78. The normalized spacial score (nSPS) is 10.8. The van der Waals surface area contributed by atoms with Gasteiger partial charge in [0, 0.05) is 5.69 Å². The number of hydrogen-bond acceptors (Lipinski definition) is 3. The van der Waals surface area contributed by atoms with E-state index in [4.69, 9.17) is 11.6 Å². The Hall–Kier alpha value is -1.66. The minimum Gasteiger partial charge on any atom is -0.321 e. The van der Waals surface area contributed by atoms with Gasteiger partial charge in [-0.1, -0.05) is 29.4 Å². The number of carbonyl (C=O) groups excluding carboxylic acids is 1. The topological polar surface area (TPSA) is 42.0 Å². The van der Waals surface area contributed by atoms with Crippen LogP contribution in [-0.2, 0) is 0 Å². The van der Waals surface area contributed by atoms with Crippen LogP contribution < -0.4 is 5.32 Å². The Kier molecular flexibility index (Phi) is 5.37. The Balaban J connectivity index is 2.30. The fourth-order valence-corrected chi connectivity index (χ4v) is 2.85. The second-order valence-electron chi connectivity index (χ2n) is 4.53. The summed E-state index contributed by atoms with van der Waals surface area (Å²) < 4.78 is 25.3. The maximum atomic E-state index is 12.6. The van der Waals surface area contributed by atoms with Gasteiger partial charge in [0.05, 0.1) is 26.9 Å². The van der Waals surface area contributed by atoms with Crippen LogP contribution in [0.4, 0.5) is 14.5 Å². The number of pyridine rings is 1. The van der Waals surface area contributed by atoms with Crippen LogP contribution >= 0.6 is 23.4 Å². The molecule has 2 aromatic rings. The van der Waals surface area contributed by atoms with Crippen LogP contribution in [0.1, 0.15) is 21.7 Å². The molecule has 7 heteroatoms. The lowest BCUT2D eigenvalue weighted by Gasteiger charge is -2.13. The van der Waals surface area contributed by atoms with Gasteiger partial charge in [0.25, 0.3) is 11.7 Å². The molecule has 3 nitrogen and oxygen atoms in total. The number of rotatable bonds is 4. The van der Waals surface area contributed by atoms with E-state index in [1.807, 2.05) is 6.92 Å². The van der Waals surface area contributed by atoms with Gasteiger partial charge in [-0.2, -0.15) is 8.78 Å². The van der Waals surface area contributed by atoms with Crippen LogP contribution in [0.15, 0.2) is 35.2 Å². The third kappa shape index (κ3) is 3.96. The summed E-state index contributed by atoms with van der Waals surface area (Å²) in [5.41, 5.74) is 2.01. The van der Waals surface area contributed by atoms with Crippen molar-refractivity contribution in [2.45, 2.75) is 24.5 Å². The van der Waals surface area contributed by atoms with E-state index in [1.54, 1.807) is 25.1 Å². The molecule has 2 rings (SSSR count). The Morgan fingerprint density at radius 2 is 2.00 bits per heavy atom. The van der Waals surface area contributed by atoms with Gasteiger partial charge in [-0.15, -0.1) is 0 Å². The molecule has 0 aliphatic rings. The molecule has 0 spiro atoms. The minimum atomic E-state index is -2.63. The molecule has 0 atom stereocenters. The minimum absolute atomic E-state index is 0.144. The fraction of sp³-hybridized carbons (Fsp3) is 0.200. The summed E-state index contributed by atoms with van der Waals surface area (Å²) >= 11 is 6.24. The van der Waals surface area contributed by atoms with Crippen LogP contribution in [0.5, 0.6) is 0 Å². The number of alkyl halides is 2. The van der Waals surface area contributed by atoms with E-state index in [9.17, 15) is 13.6 Å². The van der Waals surface area contributed by atoms with Gasteiger partial charge in [0.15, 0.2) is 0 Å². The molecule has 0 aliphatic heterocycles. The van der Waals surface area contributed by atoms with Crippen LogP contribution in [-0.4, -0.2) is 16.6 Å². The SMILES string of the molecule is Cc1ccc(C(=O)Nc2cccc(Cl)c2SC(F)F)c(C)n1. The lowest BCUT2D eigenvalue weighted by atomic mass is 10.1. The lowest BCUT2D eigenvalue weighted by molar-refractivity contribution is 0.102. The molecule has 1 aromatic heterocycles. The third-order valence-electron chi connectivity index (χ3n) is 2.89. The quantitative estimate of drug-likeness (QED) is 0.802. The first-order chi connectivity index (χ1) is 10.4. The molecule has 0 bridgehead atoms. The molecule has 0 unspecified atom stereocenters. The average Bonchev–Trinajstić information content (AvgIpc) is 2.42. The van der Waals surface area contributed by atoms with Crippen molar-refractivity contribution in [1.82, 2.24) is 4.98 Å². The highest BCUT2D eigenvalue weighted by Crippen LogP contribution is 2.37. The van der Waals surface area contributed by atoms with Crippen molar-refractivity contribution in [3.05, 3.63) is 52.3 Å². The summed E-state index contributed by atoms with van der Waals surface area (Å²) in [4.78, 5) is 16.7. The van der Waals surface area contributed by atoms with Crippen molar-refractivity contribution >= 4 is 35.0 Å². The number of halogens is 3. The zero-order valence-corrected chi connectivity index (χ0v) is 13.4. The highest BCUT2D eigenvalue weighted by atomic mass is 35.5. The smallest absolute Gasteiger partial charge is 0.289 e.